The van der Waals surface area contributed by atoms with Crippen LogP contribution in [-0.2, 0) is 6.54 Å². The van der Waals surface area contributed by atoms with Crippen molar-refractivity contribution in [3.05, 3.63) is 22.8 Å². The topological polar surface area (TPSA) is 28.2 Å². The Kier molecular flexibility index (Phi) is 5.44. The molecule has 5 heteroatoms. The van der Waals surface area contributed by atoms with E-state index in [2.05, 4.69) is 56.6 Å². The average molecular weight is 328 g/mol. The molecule has 1 fully saturated rings. The van der Waals surface area contributed by atoms with Crippen LogP contribution in [0, 0.1) is 0 Å². The third-order valence-electron chi connectivity index (χ3n) is 3.43. The summed E-state index contributed by atoms with van der Waals surface area (Å²) in [6, 6.07) is 4.01. The van der Waals surface area contributed by atoms with Gasteiger partial charge in [0, 0.05) is 35.7 Å². The smallest absolute Gasteiger partial charge is 0.129 e. The first-order chi connectivity index (χ1) is 9.74. The molecule has 118 valence electrons. The second-order valence-electron chi connectivity index (χ2n) is 6.86. The maximum atomic E-state index is 6.30. The standard InChI is InChI=1S/C16H26ClN3S/c1-11-9-20(10-12(2)21-11)15-7-6-13(17)14(19-15)8-18-16(3,4)5/h6-7,11-12,18H,8-10H2,1-5H3. The number of nitrogens with one attached hydrogen (secondary N) is 1. The van der Waals surface area contributed by atoms with Crippen molar-refractivity contribution >= 4 is 29.2 Å². The van der Waals surface area contributed by atoms with Gasteiger partial charge in [0.15, 0.2) is 0 Å². The first kappa shape index (κ1) is 16.9. The fourth-order valence-corrected chi connectivity index (χ4v) is 3.98. The molecule has 0 radical (unpaired) electrons. The van der Waals surface area contributed by atoms with Gasteiger partial charge in [-0.25, -0.2) is 4.98 Å². The van der Waals surface area contributed by atoms with Crippen molar-refractivity contribution < 1.29 is 0 Å². The van der Waals surface area contributed by atoms with E-state index < -0.39 is 0 Å². The van der Waals surface area contributed by atoms with Gasteiger partial charge in [0.2, 0.25) is 0 Å². The van der Waals surface area contributed by atoms with Gasteiger partial charge in [0.05, 0.1) is 10.7 Å². The van der Waals surface area contributed by atoms with Crippen LogP contribution in [0.1, 0.15) is 40.3 Å². The molecule has 21 heavy (non-hydrogen) atoms. The van der Waals surface area contributed by atoms with Crippen LogP contribution >= 0.6 is 23.4 Å². The SMILES string of the molecule is CC1CN(c2ccc(Cl)c(CNC(C)(C)C)n2)CC(C)S1. The second-order valence-corrected chi connectivity index (χ2v) is 9.15. The highest BCUT2D eigenvalue weighted by atomic mass is 35.5. The maximum absolute atomic E-state index is 6.30. The Bertz CT molecular complexity index is 477. The summed E-state index contributed by atoms with van der Waals surface area (Å²) in [5.41, 5.74) is 0.994. The molecule has 2 rings (SSSR count). The summed E-state index contributed by atoms with van der Waals surface area (Å²) < 4.78 is 0. The Morgan fingerprint density at radius 3 is 2.48 bits per heavy atom. The summed E-state index contributed by atoms with van der Waals surface area (Å²) >= 11 is 8.35. The Balaban J connectivity index is 2.14. The summed E-state index contributed by atoms with van der Waals surface area (Å²) in [6.07, 6.45) is 0. The summed E-state index contributed by atoms with van der Waals surface area (Å²) in [6.45, 7) is 13.8. The molecular formula is C16H26ClN3S. The zero-order valence-corrected chi connectivity index (χ0v) is 15.2. The quantitative estimate of drug-likeness (QED) is 0.909. The lowest BCUT2D eigenvalue weighted by atomic mass is 10.1. The lowest BCUT2D eigenvalue weighted by Crippen LogP contribution is -2.41. The number of anilines is 1. The molecule has 0 amide bonds. The van der Waals surface area contributed by atoms with E-state index in [9.17, 15) is 0 Å². The van der Waals surface area contributed by atoms with E-state index in [1.807, 2.05) is 12.1 Å². The minimum atomic E-state index is 0.0613. The number of pyridine rings is 1. The van der Waals surface area contributed by atoms with Gasteiger partial charge in [-0.3, -0.25) is 0 Å². The fraction of sp³-hybridized carbons (Fsp3) is 0.688. The van der Waals surface area contributed by atoms with E-state index in [4.69, 9.17) is 16.6 Å². The second kappa shape index (κ2) is 6.76. The van der Waals surface area contributed by atoms with Crippen LogP contribution in [0.25, 0.3) is 0 Å². The van der Waals surface area contributed by atoms with Gasteiger partial charge in [-0.2, -0.15) is 11.8 Å². The van der Waals surface area contributed by atoms with Crippen molar-refractivity contribution in [1.82, 2.24) is 10.3 Å². The van der Waals surface area contributed by atoms with E-state index in [1.165, 1.54) is 0 Å². The number of thioether (sulfide) groups is 1. The van der Waals surface area contributed by atoms with Gasteiger partial charge in [-0.1, -0.05) is 25.4 Å². The van der Waals surface area contributed by atoms with Crippen molar-refractivity contribution in [3.63, 3.8) is 0 Å². The van der Waals surface area contributed by atoms with Gasteiger partial charge in [-0.05, 0) is 32.9 Å². The Hall–Kier alpha value is -0.450. The number of hydrogen-bond acceptors (Lipinski definition) is 4. The van der Waals surface area contributed by atoms with Crippen LogP contribution in [0.15, 0.2) is 12.1 Å². The highest BCUT2D eigenvalue weighted by Crippen LogP contribution is 2.28. The number of nitrogens with zero attached hydrogens (tertiary/aromatic N) is 2. The maximum Gasteiger partial charge on any atom is 0.129 e. The monoisotopic (exact) mass is 327 g/mol. The largest absolute Gasteiger partial charge is 0.354 e. The molecular weight excluding hydrogens is 302 g/mol. The Morgan fingerprint density at radius 1 is 1.29 bits per heavy atom. The third-order valence-corrected chi connectivity index (χ3v) is 5.01. The van der Waals surface area contributed by atoms with Gasteiger partial charge in [0.1, 0.15) is 5.82 Å². The summed E-state index contributed by atoms with van der Waals surface area (Å²) in [5, 5.41) is 5.48. The van der Waals surface area contributed by atoms with E-state index >= 15 is 0 Å². The zero-order valence-electron chi connectivity index (χ0n) is 13.6. The average Bonchev–Trinajstić information content (AvgIpc) is 2.35. The van der Waals surface area contributed by atoms with E-state index in [-0.39, 0.29) is 5.54 Å². The van der Waals surface area contributed by atoms with Crippen LogP contribution in [0.2, 0.25) is 5.02 Å². The number of aromatic nitrogens is 1. The van der Waals surface area contributed by atoms with Crippen LogP contribution in [0.5, 0.6) is 0 Å². The van der Waals surface area contributed by atoms with Crippen LogP contribution in [-0.4, -0.2) is 34.1 Å². The highest BCUT2D eigenvalue weighted by Gasteiger charge is 2.23. The molecule has 1 aromatic heterocycles. The predicted molar refractivity (Wildman–Crippen MR) is 94.6 cm³/mol. The van der Waals surface area contributed by atoms with Gasteiger partial charge >= 0.3 is 0 Å². The van der Waals surface area contributed by atoms with E-state index in [1.54, 1.807) is 0 Å². The van der Waals surface area contributed by atoms with Gasteiger partial charge in [0.25, 0.3) is 0 Å². The number of halogens is 1. The van der Waals surface area contributed by atoms with E-state index in [0.29, 0.717) is 17.0 Å². The third kappa shape index (κ3) is 5.04. The molecule has 2 heterocycles. The van der Waals surface area contributed by atoms with Crippen molar-refractivity contribution in [2.24, 2.45) is 0 Å². The first-order valence-corrected chi connectivity index (χ1v) is 8.87. The van der Waals surface area contributed by atoms with E-state index in [0.717, 1.165) is 29.6 Å². The molecule has 1 aliphatic heterocycles. The number of rotatable bonds is 3. The minimum Gasteiger partial charge on any atom is -0.354 e. The molecule has 0 aliphatic carbocycles. The van der Waals surface area contributed by atoms with Crippen molar-refractivity contribution in [1.29, 1.82) is 0 Å². The van der Waals surface area contributed by atoms with Crippen LogP contribution < -0.4 is 10.2 Å². The molecule has 1 saturated heterocycles. The number of hydrogen-bond donors (Lipinski definition) is 1. The molecule has 1 N–H and O–H groups in total. The van der Waals surface area contributed by atoms with Gasteiger partial charge < -0.3 is 10.2 Å². The lowest BCUT2D eigenvalue weighted by Gasteiger charge is -2.35. The Labute approximate surface area is 137 Å². The van der Waals surface area contributed by atoms with Crippen LogP contribution in [0.3, 0.4) is 0 Å². The summed E-state index contributed by atoms with van der Waals surface area (Å²) in [5.74, 6) is 1.05. The normalized spacial score (nSPS) is 23.4. The van der Waals surface area contributed by atoms with Crippen molar-refractivity contribution in [2.45, 2.75) is 57.2 Å². The molecule has 0 bridgehead atoms. The molecule has 1 aromatic rings. The van der Waals surface area contributed by atoms with Gasteiger partial charge in [-0.15, -0.1) is 0 Å². The lowest BCUT2D eigenvalue weighted by molar-refractivity contribution is 0.421. The summed E-state index contributed by atoms with van der Waals surface area (Å²) in [7, 11) is 0. The van der Waals surface area contributed by atoms with Crippen LogP contribution in [0.4, 0.5) is 5.82 Å². The van der Waals surface area contributed by atoms with Crippen molar-refractivity contribution in [3.8, 4) is 0 Å². The molecule has 0 aromatic carbocycles. The zero-order chi connectivity index (χ0) is 15.6. The molecule has 2 atom stereocenters. The van der Waals surface area contributed by atoms with Crippen molar-refractivity contribution in [2.75, 3.05) is 18.0 Å². The predicted octanol–water partition coefficient (Wildman–Crippen LogP) is 3.95. The molecule has 0 saturated carbocycles. The minimum absolute atomic E-state index is 0.0613. The fourth-order valence-electron chi connectivity index (χ4n) is 2.49. The molecule has 3 nitrogen and oxygen atoms in total. The Morgan fingerprint density at radius 2 is 1.90 bits per heavy atom. The highest BCUT2D eigenvalue weighted by molar-refractivity contribution is 8.00. The summed E-state index contributed by atoms with van der Waals surface area (Å²) in [4.78, 5) is 7.17. The molecule has 2 unspecified atom stereocenters. The first-order valence-electron chi connectivity index (χ1n) is 7.55. The molecule has 0 spiro atoms. The molecule has 1 aliphatic rings.